The predicted octanol–water partition coefficient (Wildman–Crippen LogP) is 2.40. The largest absolute Gasteiger partial charge is 0.346 e. The molecule has 0 fully saturated rings. The molecule has 0 spiro atoms. The topological polar surface area (TPSA) is 84.2 Å². The Morgan fingerprint density at radius 2 is 1.95 bits per heavy atom. The molecule has 0 heterocycles. The molecule has 0 aliphatic carbocycles. The molecule has 0 saturated heterocycles. The molecule has 116 valence electrons. The normalized spacial score (nSPS) is 11.4. The van der Waals surface area contributed by atoms with E-state index in [1.807, 2.05) is 13.8 Å². The molecule has 0 saturated carbocycles. The maximum atomic E-state index is 12.2. The molecule has 6 heteroatoms. The van der Waals surface area contributed by atoms with Crippen LogP contribution in [0.4, 0.5) is 5.69 Å². The van der Waals surface area contributed by atoms with Crippen molar-refractivity contribution in [1.82, 2.24) is 5.32 Å². The first kappa shape index (κ1) is 17.5. The number of amides is 2. The SMILES string of the molecule is CC(C)C(=O)Nc1ccc(Cl)c(C(=O)NC(C)(C)CN)c1. The second kappa shape index (κ2) is 6.91. The quantitative estimate of drug-likeness (QED) is 0.780. The van der Waals surface area contributed by atoms with Gasteiger partial charge in [-0.1, -0.05) is 25.4 Å². The van der Waals surface area contributed by atoms with Gasteiger partial charge in [0.2, 0.25) is 5.91 Å². The average molecular weight is 312 g/mol. The zero-order valence-electron chi connectivity index (χ0n) is 12.8. The molecule has 0 unspecified atom stereocenters. The van der Waals surface area contributed by atoms with Gasteiger partial charge in [0.1, 0.15) is 0 Å². The molecule has 1 aromatic carbocycles. The van der Waals surface area contributed by atoms with E-state index >= 15 is 0 Å². The average Bonchev–Trinajstić information content (AvgIpc) is 2.40. The van der Waals surface area contributed by atoms with Gasteiger partial charge in [-0.3, -0.25) is 9.59 Å². The minimum atomic E-state index is -0.530. The van der Waals surface area contributed by atoms with Crippen LogP contribution >= 0.6 is 11.6 Å². The van der Waals surface area contributed by atoms with Crippen LogP contribution in [0.25, 0.3) is 0 Å². The number of hydrogen-bond donors (Lipinski definition) is 3. The van der Waals surface area contributed by atoms with Gasteiger partial charge in [0.05, 0.1) is 10.6 Å². The number of anilines is 1. The molecule has 0 atom stereocenters. The van der Waals surface area contributed by atoms with Gasteiger partial charge in [-0.05, 0) is 32.0 Å². The summed E-state index contributed by atoms with van der Waals surface area (Å²) in [5.74, 6) is -0.587. The predicted molar refractivity (Wildman–Crippen MR) is 85.5 cm³/mol. The lowest BCUT2D eigenvalue weighted by molar-refractivity contribution is -0.118. The van der Waals surface area contributed by atoms with E-state index in [2.05, 4.69) is 10.6 Å². The molecule has 4 N–H and O–H groups in total. The first-order valence-electron chi connectivity index (χ1n) is 6.79. The fourth-order valence-electron chi connectivity index (χ4n) is 1.49. The molecule has 0 bridgehead atoms. The van der Waals surface area contributed by atoms with Crippen molar-refractivity contribution in [2.75, 3.05) is 11.9 Å². The van der Waals surface area contributed by atoms with Crippen LogP contribution in [0.1, 0.15) is 38.1 Å². The first-order chi connectivity index (χ1) is 9.66. The summed E-state index contributed by atoms with van der Waals surface area (Å²) in [4.78, 5) is 23.9. The number of benzene rings is 1. The third kappa shape index (κ3) is 5.02. The summed E-state index contributed by atoms with van der Waals surface area (Å²) in [6.07, 6.45) is 0. The summed E-state index contributed by atoms with van der Waals surface area (Å²) >= 11 is 6.06. The monoisotopic (exact) mass is 311 g/mol. The van der Waals surface area contributed by atoms with E-state index in [9.17, 15) is 9.59 Å². The molecule has 1 aromatic rings. The molecular weight excluding hydrogens is 290 g/mol. The fraction of sp³-hybridized carbons (Fsp3) is 0.467. The second-order valence-electron chi connectivity index (χ2n) is 5.88. The summed E-state index contributed by atoms with van der Waals surface area (Å²) in [7, 11) is 0. The van der Waals surface area contributed by atoms with Crippen LogP contribution in [0.5, 0.6) is 0 Å². The lowest BCUT2D eigenvalue weighted by Gasteiger charge is -2.24. The van der Waals surface area contributed by atoms with Crippen molar-refractivity contribution in [3.63, 3.8) is 0 Å². The second-order valence-corrected chi connectivity index (χ2v) is 6.29. The zero-order chi connectivity index (χ0) is 16.2. The van der Waals surface area contributed by atoms with Crippen LogP contribution < -0.4 is 16.4 Å². The third-order valence-corrected chi connectivity index (χ3v) is 3.29. The number of carbonyl (C=O) groups excluding carboxylic acids is 2. The molecule has 1 rings (SSSR count). The zero-order valence-corrected chi connectivity index (χ0v) is 13.5. The Labute approximate surface area is 130 Å². The highest BCUT2D eigenvalue weighted by atomic mass is 35.5. The van der Waals surface area contributed by atoms with Gasteiger partial charge < -0.3 is 16.4 Å². The standard InChI is InChI=1S/C15H22ClN3O2/c1-9(2)13(20)18-10-5-6-12(16)11(7-10)14(21)19-15(3,4)8-17/h5-7,9H,8,17H2,1-4H3,(H,18,20)(H,19,21). The molecule has 0 aromatic heterocycles. The fourth-order valence-corrected chi connectivity index (χ4v) is 1.69. The highest BCUT2D eigenvalue weighted by Crippen LogP contribution is 2.21. The summed E-state index contributed by atoms with van der Waals surface area (Å²) < 4.78 is 0. The summed E-state index contributed by atoms with van der Waals surface area (Å²) in [6.45, 7) is 7.54. The van der Waals surface area contributed by atoms with Crippen molar-refractivity contribution in [2.45, 2.75) is 33.2 Å². The van der Waals surface area contributed by atoms with E-state index in [-0.39, 0.29) is 17.7 Å². The van der Waals surface area contributed by atoms with Crippen molar-refractivity contribution in [3.8, 4) is 0 Å². The van der Waals surface area contributed by atoms with Crippen LogP contribution in [-0.2, 0) is 4.79 Å². The molecule has 0 aliphatic rings. The molecule has 5 nitrogen and oxygen atoms in total. The van der Waals surface area contributed by atoms with Crippen LogP contribution in [-0.4, -0.2) is 23.9 Å². The highest BCUT2D eigenvalue weighted by Gasteiger charge is 2.21. The van der Waals surface area contributed by atoms with Gasteiger partial charge in [0.15, 0.2) is 0 Å². The van der Waals surface area contributed by atoms with Gasteiger partial charge in [0.25, 0.3) is 5.91 Å². The van der Waals surface area contributed by atoms with Gasteiger partial charge in [-0.2, -0.15) is 0 Å². The van der Waals surface area contributed by atoms with Crippen molar-refractivity contribution >= 4 is 29.1 Å². The van der Waals surface area contributed by atoms with Gasteiger partial charge >= 0.3 is 0 Å². The van der Waals surface area contributed by atoms with Crippen molar-refractivity contribution < 1.29 is 9.59 Å². The summed E-state index contributed by atoms with van der Waals surface area (Å²) in [5.41, 5.74) is 5.91. The Balaban J connectivity index is 2.97. The number of carbonyl (C=O) groups is 2. The Morgan fingerprint density at radius 3 is 2.48 bits per heavy atom. The van der Waals surface area contributed by atoms with Crippen LogP contribution in [0, 0.1) is 5.92 Å². The molecule has 0 aliphatic heterocycles. The Bertz CT molecular complexity index is 542. The Kier molecular flexibility index (Phi) is 5.75. The maximum Gasteiger partial charge on any atom is 0.253 e. The first-order valence-corrected chi connectivity index (χ1v) is 7.17. The van der Waals surface area contributed by atoms with Crippen molar-refractivity contribution in [1.29, 1.82) is 0 Å². The molecule has 0 radical (unpaired) electrons. The lowest BCUT2D eigenvalue weighted by atomic mass is 10.0. The molecule has 2 amide bonds. The number of nitrogens with two attached hydrogens (primary N) is 1. The van der Waals surface area contributed by atoms with Crippen molar-refractivity contribution in [3.05, 3.63) is 28.8 Å². The van der Waals surface area contributed by atoms with E-state index in [4.69, 9.17) is 17.3 Å². The van der Waals surface area contributed by atoms with Crippen molar-refractivity contribution in [2.24, 2.45) is 11.7 Å². The van der Waals surface area contributed by atoms with E-state index in [1.165, 1.54) is 0 Å². The summed E-state index contributed by atoms with van der Waals surface area (Å²) in [6, 6.07) is 4.81. The number of rotatable bonds is 5. The Hall–Kier alpha value is -1.59. The highest BCUT2D eigenvalue weighted by molar-refractivity contribution is 6.34. The van der Waals surface area contributed by atoms with Gasteiger partial charge in [0, 0.05) is 23.7 Å². The van der Waals surface area contributed by atoms with E-state index in [0.717, 1.165) is 0 Å². The van der Waals surface area contributed by atoms with E-state index < -0.39 is 5.54 Å². The molecule has 21 heavy (non-hydrogen) atoms. The third-order valence-electron chi connectivity index (χ3n) is 2.97. The number of halogens is 1. The maximum absolute atomic E-state index is 12.2. The minimum absolute atomic E-state index is 0.119. The minimum Gasteiger partial charge on any atom is -0.346 e. The van der Waals surface area contributed by atoms with Crippen LogP contribution in [0.2, 0.25) is 5.02 Å². The van der Waals surface area contributed by atoms with E-state index in [0.29, 0.717) is 22.8 Å². The van der Waals surface area contributed by atoms with Gasteiger partial charge in [-0.25, -0.2) is 0 Å². The number of nitrogens with one attached hydrogen (secondary N) is 2. The van der Waals surface area contributed by atoms with Crippen LogP contribution in [0.15, 0.2) is 18.2 Å². The van der Waals surface area contributed by atoms with Crippen LogP contribution in [0.3, 0.4) is 0 Å². The Morgan fingerprint density at radius 1 is 1.33 bits per heavy atom. The molecular formula is C15H22ClN3O2. The number of hydrogen-bond acceptors (Lipinski definition) is 3. The van der Waals surface area contributed by atoms with Gasteiger partial charge in [-0.15, -0.1) is 0 Å². The smallest absolute Gasteiger partial charge is 0.253 e. The van der Waals surface area contributed by atoms with E-state index in [1.54, 1.807) is 32.0 Å². The summed E-state index contributed by atoms with van der Waals surface area (Å²) in [5, 5.41) is 5.87. The lowest BCUT2D eigenvalue weighted by Crippen LogP contribution is -2.48.